The lowest BCUT2D eigenvalue weighted by Crippen LogP contribution is -2.34. The lowest BCUT2D eigenvalue weighted by atomic mass is 10.2. The van der Waals surface area contributed by atoms with Gasteiger partial charge in [0.15, 0.2) is 0 Å². The van der Waals surface area contributed by atoms with Crippen molar-refractivity contribution in [3.63, 3.8) is 0 Å². The molecule has 110 valence electrons. The normalized spacial score (nSPS) is 16.2. The number of sulfonamides is 1. The molecule has 0 unspecified atom stereocenters. The van der Waals surface area contributed by atoms with Crippen molar-refractivity contribution in [2.24, 2.45) is 5.14 Å². The fourth-order valence-electron chi connectivity index (χ4n) is 2.38. The molecule has 2 rings (SSSR count). The van der Waals surface area contributed by atoms with Gasteiger partial charge in [0.25, 0.3) is 0 Å². The molecule has 0 bridgehead atoms. The monoisotopic (exact) mass is 297 g/mol. The van der Waals surface area contributed by atoms with Crippen molar-refractivity contribution in [3.8, 4) is 0 Å². The second-order valence-corrected chi connectivity index (χ2v) is 6.48. The molecule has 1 saturated carbocycles. The van der Waals surface area contributed by atoms with E-state index in [4.69, 9.17) is 5.14 Å². The molecule has 1 aromatic rings. The highest BCUT2D eigenvalue weighted by Gasteiger charge is 2.17. The summed E-state index contributed by atoms with van der Waals surface area (Å²) in [6.45, 7) is 0.170. The van der Waals surface area contributed by atoms with Crippen molar-refractivity contribution in [1.82, 2.24) is 5.32 Å². The Morgan fingerprint density at radius 1 is 1.25 bits per heavy atom. The van der Waals surface area contributed by atoms with Crippen LogP contribution < -0.4 is 15.8 Å². The Labute approximate surface area is 118 Å². The predicted octanol–water partition coefficient (Wildman–Crippen LogP) is 0.805. The highest BCUT2D eigenvalue weighted by atomic mass is 32.2. The summed E-state index contributed by atoms with van der Waals surface area (Å²) >= 11 is 0. The lowest BCUT2D eigenvalue weighted by Gasteiger charge is -2.13. The average molecular weight is 297 g/mol. The SMILES string of the molecule is NS(=O)(=O)c1ccccc1NC(=O)CNC1CCCC1. The van der Waals surface area contributed by atoms with E-state index in [2.05, 4.69) is 10.6 Å². The van der Waals surface area contributed by atoms with Gasteiger partial charge in [-0.15, -0.1) is 0 Å². The molecule has 0 aliphatic heterocycles. The predicted molar refractivity (Wildman–Crippen MR) is 76.7 cm³/mol. The van der Waals surface area contributed by atoms with E-state index in [1.54, 1.807) is 12.1 Å². The zero-order chi connectivity index (χ0) is 14.6. The van der Waals surface area contributed by atoms with E-state index in [1.807, 2.05) is 0 Å². The van der Waals surface area contributed by atoms with Crippen LogP contribution in [-0.2, 0) is 14.8 Å². The third-order valence-electron chi connectivity index (χ3n) is 3.37. The minimum Gasteiger partial charge on any atom is -0.324 e. The first kappa shape index (κ1) is 15.0. The van der Waals surface area contributed by atoms with Crippen molar-refractivity contribution >= 4 is 21.6 Å². The van der Waals surface area contributed by atoms with Crippen LogP contribution in [0.1, 0.15) is 25.7 Å². The number of primary sulfonamides is 1. The molecule has 6 nitrogen and oxygen atoms in total. The number of benzene rings is 1. The smallest absolute Gasteiger partial charge is 0.240 e. The Morgan fingerprint density at radius 2 is 1.90 bits per heavy atom. The topological polar surface area (TPSA) is 101 Å². The minimum atomic E-state index is -3.84. The summed E-state index contributed by atoms with van der Waals surface area (Å²) in [7, 11) is -3.84. The molecule has 1 aromatic carbocycles. The Morgan fingerprint density at radius 3 is 2.55 bits per heavy atom. The first-order valence-electron chi connectivity index (χ1n) is 6.62. The van der Waals surface area contributed by atoms with Crippen LogP contribution in [0.25, 0.3) is 0 Å². The van der Waals surface area contributed by atoms with Gasteiger partial charge in [0.1, 0.15) is 4.90 Å². The Hall–Kier alpha value is -1.44. The number of carbonyl (C=O) groups excluding carboxylic acids is 1. The largest absolute Gasteiger partial charge is 0.324 e. The summed E-state index contributed by atoms with van der Waals surface area (Å²) in [6, 6.07) is 6.48. The van der Waals surface area contributed by atoms with Crippen molar-refractivity contribution in [2.75, 3.05) is 11.9 Å². The van der Waals surface area contributed by atoms with Crippen LogP contribution in [0.5, 0.6) is 0 Å². The third-order valence-corrected chi connectivity index (χ3v) is 4.34. The van der Waals surface area contributed by atoms with Crippen LogP contribution in [0, 0.1) is 0 Å². The van der Waals surface area contributed by atoms with Crippen LogP contribution in [0.3, 0.4) is 0 Å². The summed E-state index contributed by atoms with van der Waals surface area (Å²) in [6.07, 6.45) is 4.54. The van der Waals surface area contributed by atoms with Gasteiger partial charge in [0.2, 0.25) is 15.9 Å². The zero-order valence-corrected chi connectivity index (χ0v) is 11.9. The Kier molecular flexibility index (Phi) is 4.74. The standard InChI is InChI=1S/C13H19N3O3S/c14-20(18,19)12-8-4-3-7-11(12)16-13(17)9-15-10-5-1-2-6-10/h3-4,7-8,10,15H,1-2,5-6,9H2,(H,16,17)(H2,14,18,19). The molecular weight excluding hydrogens is 278 g/mol. The van der Waals surface area contributed by atoms with E-state index < -0.39 is 10.0 Å². The van der Waals surface area contributed by atoms with Gasteiger partial charge in [0.05, 0.1) is 12.2 Å². The van der Waals surface area contributed by atoms with Crippen molar-refractivity contribution in [2.45, 2.75) is 36.6 Å². The molecule has 1 aliphatic rings. The molecule has 1 aliphatic carbocycles. The fourth-order valence-corrected chi connectivity index (χ4v) is 3.07. The number of carbonyl (C=O) groups is 1. The summed E-state index contributed by atoms with van der Waals surface area (Å²) in [5.74, 6) is -0.270. The summed E-state index contributed by atoms with van der Waals surface area (Å²) in [5, 5.41) is 10.9. The summed E-state index contributed by atoms with van der Waals surface area (Å²) in [4.78, 5) is 11.8. The quantitative estimate of drug-likeness (QED) is 0.748. The van der Waals surface area contributed by atoms with Gasteiger partial charge in [-0.25, -0.2) is 13.6 Å². The number of nitrogens with one attached hydrogen (secondary N) is 2. The Balaban J connectivity index is 1.97. The number of rotatable bonds is 5. The van der Waals surface area contributed by atoms with E-state index in [0.717, 1.165) is 12.8 Å². The number of amides is 1. The van der Waals surface area contributed by atoms with E-state index in [0.29, 0.717) is 6.04 Å². The highest BCUT2D eigenvalue weighted by molar-refractivity contribution is 7.89. The number of nitrogens with two attached hydrogens (primary N) is 1. The molecule has 0 saturated heterocycles. The number of hydrogen-bond donors (Lipinski definition) is 3. The van der Waals surface area contributed by atoms with E-state index in [9.17, 15) is 13.2 Å². The van der Waals surface area contributed by atoms with Gasteiger partial charge in [-0.3, -0.25) is 4.79 Å². The maximum Gasteiger partial charge on any atom is 0.240 e. The lowest BCUT2D eigenvalue weighted by molar-refractivity contribution is -0.115. The van der Waals surface area contributed by atoms with Gasteiger partial charge in [-0.05, 0) is 25.0 Å². The van der Waals surface area contributed by atoms with Crippen molar-refractivity contribution in [3.05, 3.63) is 24.3 Å². The van der Waals surface area contributed by atoms with Crippen LogP contribution in [0.4, 0.5) is 5.69 Å². The average Bonchev–Trinajstić information content (AvgIpc) is 2.89. The zero-order valence-electron chi connectivity index (χ0n) is 11.1. The molecule has 1 amide bonds. The number of anilines is 1. The molecule has 0 radical (unpaired) electrons. The maximum absolute atomic E-state index is 11.8. The first-order chi connectivity index (χ1) is 9.47. The maximum atomic E-state index is 11.8. The fraction of sp³-hybridized carbons (Fsp3) is 0.462. The molecule has 0 aromatic heterocycles. The second kappa shape index (κ2) is 6.34. The first-order valence-corrected chi connectivity index (χ1v) is 8.16. The van der Waals surface area contributed by atoms with E-state index in [-0.39, 0.29) is 23.0 Å². The van der Waals surface area contributed by atoms with E-state index >= 15 is 0 Å². The van der Waals surface area contributed by atoms with Crippen LogP contribution in [0.2, 0.25) is 0 Å². The summed E-state index contributed by atoms with van der Waals surface area (Å²) < 4.78 is 22.8. The molecule has 1 fully saturated rings. The number of hydrogen-bond acceptors (Lipinski definition) is 4. The molecule has 0 atom stereocenters. The summed E-state index contributed by atoms with van der Waals surface area (Å²) in [5.41, 5.74) is 0.216. The molecule has 0 heterocycles. The third kappa shape index (κ3) is 4.03. The molecule has 4 N–H and O–H groups in total. The van der Waals surface area contributed by atoms with Crippen LogP contribution in [-0.4, -0.2) is 26.9 Å². The van der Waals surface area contributed by atoms with Gasteiger partial charge >= 0.3 is 0 Å². The van der Waals surface area contributed by atoms with Crippen LogP contribution >= 0.6 is 0 Å². The van der Waals surface area contributed by atoms with Gasteiger partial charge in [-0.1, -0.05) is 25.0 Å². The molecule has 20 heavy (non-hydrogen) atoms. The number of para-hydroxylation sites is 1. The van der Waals surface area contributed by atoms with E-state index in [1.165, 1.54) is 25.0 Å². The molecular formula is C13H19N3O3S. The Bertz CT molecular complexity index is 580. The van der Waals surface area contributed by atoms with Gasteiger partial charge < -0.3 is 10.6 Å². The van der Waals surface area contributed by atoms with Crippen molar-refractivity contribution < 1.29 is 13.2 Å². The van der Waals surface area contributed by atoms with Crippen LogP contribution in [0.15, 0.2) is 29.2 Å². The molecule has 7 heteroatoms. The minimum absolute atomic E-state index is 0.0748. The van der Waals surface area contributed by atoms with Gasteiger partial charge in [-0.2, -0.15) is 0 Å². The molecule has 0 spiro atoms. The van der Waals surface area contributed by atoms with Crippen molar-refractivity contribution in [1.29, 1.82) is 0 Å². The van der Waals surface area contributed by atoms with Gasteiger partial charge in [0, 0.05) is 6.04 Å². The highest BCUT2D eigenvalue weighted by Crippen LogP contribution is 2.19. The second-order valence-electron chi connectivity index (χ2n) is 4.95.